The zero-order chi connectivity index (χ0) is 24.7. The predicted molar refractivity (Wildman–Crippen MR) is 133 cm³/mol. The Morgan fingerprint density at radius 1 is 1.00 bits per heavy atom. The molecule has 0 unspecified atom stereocenters. The van der Waals surface area contributed by atoms with Gasteiger partial charge in [0.2, 0.25) is 0 Å². The molecule has 3 aromatic carbocycles. The maximum Gasteiger partial charge on any atom is 0.266 e. The second-order valence-electron chi connectivity index (χ2n) is 7.46. The van der Waals surface area contributed by atoms with Gasteiger partial charge in [-0.05, 0) is 101 Å². The van der Waals surface area contributed by atoms with Gasteiger partial charge in [0.05, 0.1) is 4.47 Å². The molecule has 0 saturated heterocycles. The Balaban J connectivity index is 1.62. The lowest BCUT2D eigenvalue weighted by molar-refractivity contribution is -0.118. The number of ether oxygens (including phenoxy) is 1. The number of rotatable bonds is 7. The van der Waals surface area contributed by atoms with Gasteiger partial charge in [-0.3, -0.25) is 9.59 Å². The first-order valence-electron chi connectivity index (χ1n) is 10.2. The van der Waals surface area contributed by atoms with Crippen molar-refractivity contribution in [3.05, 3.63) is 93.2 Å². The Labute approximate surface area is 205 Å². The van der Waals surface area contributed by atoms with E-state index < -0.39 is 11.7 Å². The summed E-state index contributed by atoms with van der Waals surface area (Å²) in [6.07, 6.45) is 1.42. The highest BCUT2D eigenvalue weighted by Gasteiger charge is 2.11. The van der Waals surface area contributed by atoms with Gasteiger partial charge in [0.15, 0.2) is 6.61 Å². The molecule has 34 heavy (non-hydrogen) atoms. The van der Waals surface area contributed by atoms with Crippen LogP contribution in [-0.2, 0) is 9.59 Å². The van der Waals surface area contributed by atoms with Gasteiger partial charge in [0.25, 0.3) is 11.8 Å². The van der Waals surface area contributed by atoms with Gasteiger partial charge in [-0.15, -0.1) is 0 Å². The maximum atomic E-state index is 13.0. The summed E-state index contributed by atoms with van der Waals surface area (Å²) in [6, 6.07) is 17.7. The van der Waals surface area contributed by atoms with E-state index in [1.807, 2.05) is 38.1 Å². The maximum absolute atomic E-state index is 13.0. The minimum absolute atomic E-state index is 0.127. The summed E-state index contributed by atoms with van der Waals surface area (Å²) in [5.41, 5.74) is 3.73. The van der Waals surface area contributed by atoms with E-state index >= 15 is 0 Å². The van der Waals surface area contributed by atoms with Gasteiger partial charge >= 0.3 is 0 Å². The van der Waals surface area contributed by atoms with Crippen LogP contribution in [-0.4, -0.2) is 18.4 Å². The quantitative estimate of drug-likeness (QED) is 0.305. The number of nitrogens with one attached hydrogen (secondary N) is 2. The van der Waals surface area contributed by atoms with Crippen LogP contribution in [0.2, 0.25) is 0 Å². The molecule has 2 amide bonds. The van der Waals surface area contributed by atoms with Gasteiger partial charge in [-0.25, -0.2) is 4.39 Å². The smallest absolute Gasteiger partial charge is 0.266 e. The highest BCUT2D eigenvalue weighted by molar-refractivity contribution is 9.10. The second-order valence-corrected chi connectivity index (χ2v) is 8.31. The second kappa shape index (κ2) is 11.3. The van der Waals surface area contributed by atoms with E-state index in [4.69, 9.17) is 4.74 Å². The summed E-state index contributed by atoms with van der Waals surface area (Å²) in [6.45, 7) is 3.78. The van der Waals surface area contributed by atoms with Crippen LogP contribution in [0.4, 0.5) is 15.8 Å². The van der Waals surface area contributed by atoms with E-state index in [0.717, 1.165) is 11.1 Å². The predicted octanol–water partition coefficient (Wildman–Crippen LogP) is 5.77. The molecule has 0 aliphatic rings. The topological polar surface area (TPSA) is 91.2 Å². The van der Waals surface area contributed by atoms with E-state index in [2.05, 4.69) is 26.6 Å². The van der Waals surface area contributed by atoms with Crippen LogP contribution in [0.1, 0.15) is 16.7 Å². The summed E-state index contributed by atoms with van der Waals surface area (Å²) >= 11 is 3.39. The van der Waals surface area contributed by atoms with Crippen LogP contribution in [0, 0.1) is 31.0 Å². The Morgan fingerprint density at radius 3 is 2.35 bits per heavy atom. The van der Waals surface area contributed by atoms with Crippen LogP contribution < -0.4 is 15.4 Å². The van der Waals surface area contributed by atoms with E-state index in [-0.39, 0.29) is 18.1 Å². The minimum atomic E-state index is -0.617. The Kier molecular flexibility index (Phi) is 8.17. The molecule has 0 aromatic heterocycles. The first-order valence-corrected chi connectivity index (χ1v) is 11.0. The summed E-state index contributed by atoms with van der Waals surface area (Å²) < 4.78 is 19.2. The third kappa shape index (κ3) is 6.77. The average molecular weight is 522 g/mol. The number of benzene rings is 3. The number of nitrogens with zero attached hydrogens (tertiary/aromatic N) is 1. The summed E-state index contributed by atoms with van der Waals surface area (Å²) in [7, 11) is 0. The normalized spacial score (nSPS) is 10.9. The van der Waals surface area contributed by atoms with Crippen LogP contribution in [0.5, 0.6) is 5.75 Å². The minimum Gasteiger partial charge on any atom is -0.483 e. The van der Waals surface area contributed by atoms with Gasteiger partial charge in [0.1, 0.15) is 23.2 Å². The lowest BCUT2D eigenvalue weighted by Gasteiger charge is -2.11. The molecule has 0 heterocycles. The van der Waals surface area contributed by atoms with Crippen LogP contribution in [0.25, 0.3) is 6.08 Å². The van der Waals surface area contributed by atoms with Crippen molar-refractivity contribution in [2.24, 2.45) is 0 Å². The molecule has 2 N–H and O–H groups in total. The van der Waals surface area contributed by atoms with Gasteiger partial charge < -0.3 is 15.4 Å². The molecular weight excluding hydrogens is 501 g/mol. The van der Waals surface area contributed by atoms with Crippen LogP contribution in [0.3, 0.4) is 0 Å². The van der Waals surface area contributed by atoms with Crippen LogP contribution >= 0.6 is 15.9 Å². The number of hydrogen-bond acceptors (Lipinski definition) is 4. The van der Waals surface area contributed by atoms with Gasteiger partial charge in [0, 0.05) is 11.4 Å². The number of amides is 2. The SMILES string of the molecule is Cc1ccc(NC(=O)COc2ccc(/C=C(\C#N)C(=O)Nc3ccc(F)cc3)cc2Br)cc1C. The van der Waals surface area contributed by atoms with E-state index in [1.54, 1.807) is 18.2 Å². The zero-order valence-electron chi connectivity index (χ0n) is 18.5. The molecule has 0 aliphatic carbocycles. The lowest BCUT2D eigenvalue weighted by atomic mass is 10.1. The number of nitriles is 1. The monoisotopic (exact) mass is 521 g/mol. The average Bonchev–Trinajstić information content (AvgIpc) is 2.80. The summed E-state index contributed by atoms with van der Waals surface area (Å²) in [5.74, 6) is -0.914. The number of halogens is 2. The van der Waals surface area contributed by atoms with Crippen molar-refractivity contribution in [2.75, 3.05) is 17.2 Å². The fraction of sp³-hybridized carbons (Fsp3) is 0.115. The van der Waals surface area contributed by atoms with E-state index in [9.17, 15) is 19.2 Å². The summed E-state index contributed by atoms with van der Waals surface area (Å²) in [5, 5.41) is 14.7. The number of carbonyl (C=O) groups excluding carboxylic acids is 2. The Hall–Kier alpha value is -3.96. The molecule has 0 fully saturated rings. The highest BCUT2D eigenvalue weighted by atomic mass is 79.9. The molecule has 6 nitrogen and oxygen atoms in total. The highest BCUT2D eigenvalue weighted by Crippen LogP contribution is 2.27. The number of anilines is 2. The van der Waals surface area contributed by atoms with Crippen molar-refractivity contribution in [1.82, 2.24) is 0 Å². The van der Waals surface area contributed by atoms with E-state index in [1.165, 1.54) is 30.3 Å². The van der Waals surface area contributed by atoms with Crippen molar-refractivity contribution in [1.29, 1.82) is 5.26 Å². The van der Waals surface area contributed by atoms with Gasteiger partial charge in [-0.1, -0.05) is 12.1 Å². The molecule has 172 valence electrons. The largest absolute Gasteiger partial charge is 0.483 e. The van der Waals surface area contributed by atoms with Crippen molar-refractivity contribution < 1.29 is 18.7 Å². The third-order valence-electron chi connectivity index (χ3n) is 4.88. The number of carbonyl (C=O) groups is 2. The Bertz CT molecular complexity index is 1300. The van der Waals surface area contributed by atoms with Crippen molar-refractivity contribution in [3.8, 4) is 11.8 Å². The first kappa shape index (κ1) is 24.7. The van der Waals surface area contributed by atoms with Crippen molar-refractivity contribution >= 4 is 45.2 Å². The van der Waals surface area contributed by atoms with E-state index in [0.29, 0.717) is 27.2 Å². The number of hydrogen-bond donors (Lipinski definition) is 2. The third-order valence-corrected chi connectivity index (χ3v) is 5.50. The first-order chi connectivity index (χ1) is 16.2. The fourth-order valence-corrected chi connectivity index (χ4v) is 3.44. The molecule has 8 heteroatoms. The molecule has 3 rings (SSSR count). The molecular formula is C26H21BrFN3O3. The standard InChI is InChI=1S/C26H21BrFN3O3/c1-16-3-7-22(11-17(16)2)30-25(32)15-34-24-10-4-18(13-23(24)27)12-19(14-29)26(33)31-21-8-5-20(28)6-9-21/h3-13H,15H2,1-2H3,(H,30,32)(H,31,33)/b19-12+. The summed E-state index contributed by atoms with van der Waals surface area (Å²) in [4.78, 5) is 24.6. The number of aryl methyl sites for hydroxylation is 2. The van der Waals surface area contributed by atoms with Gasteiger partial charge in [-0.2, -0.15) is 5.26 Å². The zero-order valence-corrected chi connectivity index (χ0v) is 20.1. The molecule has 0 aliphatic heterocycles. The molecule has 0 atom stereocenters. The van der Waals surface area contributed by atoms with Crippen LogP contribution in [0.15, 0.2) is 70.7 Å². The van der Waals surface area contributed by atoms with Crippen molar-refractivity contribution in [2.45, 2.75) is 13.8 Å². The Morgan fingerprint density at radius 2 is 1.71 bits per heavy atom. The molecule has 0 spiro atoms. The molecule has 0 bridgehead atoms. The fourth-order valence-electron chi connectivity index (χ4n) is 2.93. The molecule has 0 radical (unpaired) electrons. The molecule has 3 aromatic rings. The molecule has 0 saturated carbocycles. The lowest BCUT2D eigenvalue weighted by Crippen LogP contribution is -2.20. The van der Waals surface area contributed by atoms with Crippen molar-refractivity contribution in [3.63, 3.8) is 0 Å².